The highest BCUT2D eigenvalue weighted by molar-refractivity contribution is 6.31. The molecule has 1 amide bonds. The summed E-state index contributed by atoms with van der Waals surface area (Å²) in [5.41, 5.74) is 2.74. The summed E-state index contributed by atoms with van der Waals surface area (Å²) in [6, 6.07) is 11.7. The highest BCUT2D eigenvalue weighted by Crippen LogP contribution is 2.29. The van der Waals surface area contributed by atoms with Gasteiger partial charge in [-0.15, -0.1) is 0 Å². The van der Waals surface area contributed by atoms with Crippen molar-refractivity contribution in [1.29, 1.82) is 0 Å². The van der Waals surface area contributed by atoms with Crippen LogP contribution in [0.2, 0.25) is 5.02 Å². The zero-order chi connectivity index (χ0) is 16.4. The zero-order valence-electron chi connectivity index (χ0n) is 12.8. The molecule has 0 spiro atoms. The standard InChI is InChI=1S/C18H18ClFN2O/c1-11-2-4-12(5-3-11)17(22-18(23)13-9-21-10-13)15-7-6-14(20)8-16(15)19/h2-8,13,17,21H,9-10H2,1H3,(H,22,23). The van der Waals surface area contributed by atoms with Gasteiger partial charge in [-0.3, -0.25) is 4.79 Å². The molecule has 0 bridgehead atoms. The lowest BCUT2D eigenvalue weighted by Crippen LogP contribution is -2.51. The fourth-order valence-corrected chi connectivity index (χ4v) is 2.85. The molecule has 3 rings (SSSR count). The van der Waals surface area contributed by atoms with Crippen LogP contribution in [0.5, 0.6) is 0 Å². The molecule has 0 aliphatic carbocycles. The van der Waals surface area contributed by atoms with Crippen LogP contribution in [0.1, 0.15) is 22.7 Å². The Kier molecular flexibility index (Phi) is 4.64. The SMILES string of the molecule is Cc1ccc(C(NC(=O)C2CNC2)c2ccc(F)cc2Cl)cc1. The fraction of sp³-hybridized carbons (Fsp3) is 0.278. The van der Waals surface area contributed by atoms with Crippen LogP contribution < -0.4 is 10.6 Å². The summed E-state index contributed by atoms with van der Waals surface area (Å²) in [6.45, 7) is 3.37. The van der Waals surface area contributed by atoms with Crippen molar-refractivity contribution in [2.24, 2.45) is 5.92 Å². The van der Waals surface area contributed by atoms with Gasteiger partial charge >= 0.3 is 0 Å². The third-order valence-corrected chi connectivity index (χ3v) is 4.45. The predicted molar refractivity (Wildman–Crippen MR) is 88.9 cm³/mol. The molecule has 1 aliphatic rings. The zero-order valence-corrected chi connectivity index (χ0v) is 13.5. The van der Waals surface area contributed by atoms with Crippen molar-refractivity contribution in [3.63, 3.8) is 0 Å². The molecule has 2 aromatic carbocycles. The maximum Gasteiger partial charge on any atom is 0.226 e. The van der Waals surface area contributed by atoms with Crippen molar-refractivity contribution >= 4 is 17.5 Å². The first kappa shape index (κ1) is 16.0. The second-order valence-corrected chi connectivity index (χ2v) is 6.28. The van der Waals surface area contributed by atoms with Gasteiger partial charge < -0.3 is 10.6 Å². The van der Waals surface area contributed by atoms with Crippen LogP contribution in [-0.2, 0) is 4.79 Å². The number of aryl methyl sites for hydroxylation is 1. The normalized spacial score (nSPS) is 15.8. The number of hydrogen-bond acceptors (Lipinski definition) is 2. The van der Waals surface area contributed by atoms with Crippen molar-refractivity contribution in [2.45, 2.75) is 13.0 Å². The van der Waals surface area contributed by atoms with E-state index >= 15 is 0 Å². The van der Waals surface area contributed by atoms with E-state index < -0.39 is 11.9 Å². The number of halogens is 2. The van der Waals surface area contributed by atoms with E-state index in [4.69, 9.17) is 11.6 Å². The highest BCUT2D eigenvalue weighted by Gasteiger charge is 2.28. The second kappa shape index (κ2) is 6.69. The average molecular weight is 333 g/mol. The Balaban J connectivity index is 1.94. The smallest absolute Gasteiger partial charge is 0.226 e. The topological polar surface area (TPSA) is 41.1 Å². The van der Waals surface area contributed by atoms with Gasteiger partial charge in [-0.05, 0) is 30.2 Å². The molecule has 1 atom stereocenters. The van der Waals surface area contributed by atoms with E-state index in [2.05, 4.69) is 10.6 Å². The van der Waals surface area contributed by atoms with E-state index in [1.807, 2.05) is 31.2 Å². The third-order valence-electron chi connectivity index (χ3n) is 4.12. The third kappa shape index (κ3) is 3.54. The van der Waals surface area contributed by atoms with E-state index in [-0.39, 0.29) is 11.8 Å². The Morgan fingerprint density at radius 2 is 1.96 bits per heavy atom. The molecule has 2 N–H and O–H groups in total. The molecule has 0 aromatic heterocycles. The van der Waals surface area contributed by atoms with Crippen LogP contribution in [0.3, 0.4) is 0 Å². The van der Waals surface area contributed by atoms with Gasteiger partial charge in [0.05, 0.1) is 12.0 Å². The number of carbonyl (C=O) groups is 1. The number of hydrogen-bond donors (Lipinski definition) is 2. The first-order valence-corrected chi connectivity index (χ1v) is 7.95. The van der Waals surface area contributed by atoms with Crippen molar-refractivity contribution in [3.8, 4) is 0 Å². The van der Waals surface area contributed by atoms with Crippen molar-refractivity contribution in [1.82, 2.24) is 10.6 Å². The van der Waals surface area contributed by atoms with Crippen LogP contribution in [0.4, 0.5) is 4.39 Å². The van der Waals surface area contributed by atoms with Crippen LogP contribution in [0, 0.1) is 18.7 Å². The molecular formula is C18H18ClFN2O. The maximum absolute atomic E-state index is 13.3. The van der Waals surface area contributed by atoms with Crippen LogP contribution in [-0.4, -0.2) is 19.0 Å². The molecular weight excluding hydrogens is 315 g/mol. The Labute approximate surface area is 139 Å². The van der Waals surface area contributed by atoms with E-state index in [0.29, 0.717) is 23.7 Å². The maximum atomic E-state index is 13.3. The monoisotopic (exact) mass is 332 g/mol. The fourth-order valence-electron chi connectivity index (χ4n) is 2.57. The molecule has 5 heteroatoms. The van der Waals surface area contributed by atoms with Gasteiger partial charge in [-0.1, -0.05) is 47.5 Å². The Morgan fingerprint density at radius 1 is 1.26 bits per heavy atom. The van der Waals surface area contributed by atoms with Gasteiger partial charge in [0.25, 0.3) is 0 Å². The lowest BCUT2D eigenvalue weighted by molar-refractivity contribution is -0.126. The number of carbonyl (C=O) groups excluding carboxylic acids is 1. The van der Waals surface area contributed by atoms with Crippen LogP contribution in [0.25, 0.3) is 0 Å². The molecule has 2 aromatic rings. The van der Waals surface area contributed by atoms with E-state index in [1.165, 1.54) is 12.1 Å². The Morgan fingerprint density at radius 3 is 2.52 bits per heavy atom. The molecule has 23 heavy (non-hydrogen) atoms. The van der Waals surface area contributed by atoms with Gasteiger partial charge in [0.2, 0.25) is 5.91 Å². The minimum atomic E-state index is -0.393. The van der Waals surface area contributed by atoms with Gasteiger partial charge in [0, 0.05) is 18.1 Å². The summed E-state index contributed by atoms with van der Waals surface area (Å²) in [4.78, 5) is 12.4. The number of nitrogens with one attached hydrogen (secondary N) is 2. The number of rotatable bonds is 4. The summed E-state index contributed by atoms with van der Waals surface area (Å²) < 4.78 is 13.3. The quantitative estimate of drug-likeness (QED) is 0.902. The molecule has 1 aliphatic heterocycles. The molecule has 1 unspecified atom stereocenters. The van der Waals surface area contributed by atoms with Crippen molar-refractivity contribution in [2.75, 3.05) is 13.1 Å². The Bertz CT molecular complexity index is 713. The summed E-state index contributed by atoms with van der Waals surface area (Å²) in [5, 5.41) is 6.44. The molecule has 1 heterocycles. The van der Waals surface area contributed by atoms with Crippen LogP contribution in [0.15, 0.2) is 42.5 Å². The second-order valence-electron chi connectivity index (χ2n) is 5.87. The molecule has 1 saturated heterocycles. The van der Waals surface area contributed by atoms with Gasteiger partial charge in [-0.25, -0.2) is 4.39 Å². The average Bonchev–Trinajstić information content (AvgIpc) is 2.44. The summed E-state index contributed by atoms with van der Waals surface area (Å²) in [5.74, 6) is -0.437. The largest absolute Gasteiger partial charge is 0.345 e. The predicted octanol–water partition coefficient (Wildman–Crippen LogP) is 3.21. The molecule has 1 fully saturated rings. The van der Waals surface area contributed by atoms with Crippen LogP contribution >= 0.6 is 11.6 Å². The lowest BCUT2D eigenvalue weighted by atomic mass is 9.95. The minimum absolute atomic E-state index is 0.0188. The first-order chi connectivity index (χ1) is 11.0. The molecule has 3 nitrogen and oxygen atoms in total. The van der Waals surface area contributed by atoms with Gasteiger partial charge in [0.1, 0.15) is 5.82 Å². The first-order valence-electron chi connectivity index (χ1n) is 7.57. The van der Waals surface area contributed by atoms with Gasteiger partial charge in [0.15, 0.2) is 0 Å². The van der Waals surface area contributed by atoms with E-state index in [0.717, 1.165) is 11.1 Å². The summed E-state index contributed by atoms with van der Waals surface area (Å²) >= 11 is 6.21. The van der Waals surface area contributed by atoms with E-state index in [9.17, 15) is 9.18 Å². The summed E-state index contributed by atoms with van der Waals surface area (Å²) in [7, 11) is 0. The van der Waals surface area contributed by atoms with Crippen molar-refractivity contribution in [3.05, 3.63) is 70.0 Å². The van der Waals surface area contributed by atoms with Gasteiger partial charge in [-0.2, -0.15) is 0 Å². The number of amides is 1. The Hall–Kier alpha value is -1.91. The molecule has 0 saturated carbocycles. The molecule has 120 valence electrons. The van der Waals surface area contributed by atoms with E-state index in [1.54, 1.807) is 6.07 Å². The minimum Gasteiger partial charge on any atom is -0.345 e. The lowest BCUT2D eigenvalue weighted by Gasteiger charge is -2.29. The summed E-state index contributed by atoms with van der Waals surface area (Å²) in [6.07, 6.45) is 0. The molecule has 0 radical (unpaired) electrons. The number of benzene rings is 2. The van der Waals surface area contributed by atoms with Crippen molar-refractivity contribution < 1.29 is 9.18 Å². The highest BCUT2D eigenvalue weighted by atomic mass is 35.5.